The third-order valence-corrected chi connectivity index (χ3v) is 5.71. The third-order valence-electron chi connectivity index (χ3n) is 4.21. The van der Waals surface area contributed by atoms with E-state index >= 15 is 0 Å². The van der Waals surface area contributed by atoms with Gasteiger partial charge < -0.3 is 15.3 Å². The van der Waals surface area contributed by atoms with Crippen molar-refractivity contribution in [3.05, 3.63) is 6.92 Å². The predicted molar refractivity (Wildman–Crippen MR) is 106 cm³/mol. The lowest BCUT2D eigenvalue weighted by atomic mass is 9.85. The molecule has 0 aromatic heterocycles. The summed E-state index contributed by atoms with van der Waals surface area (Å²) in [7, 11) is 3.22. The minimum absolute atomic E-state index is 0.0689. The first-order valence-electron chi connectivity index (χ1n) is 8.94. The largest absolute Gasteiger partial charge is 0.481 e. The van der Waals surface area contributed by atoms with Crippen molar-refractivity contribution in [2.45, 2.75) is 57.7 Å². The summed E-state index contributed by atoms with van der Waals surface area (Å²) < 4.78 is -0.931. The molecule has 0 aromatic rings. The number of nitrogens with one attached hydrogen (secondary N) is 1. The number of carbonyl (C=O) groups excluding carboxylic acids is 3. The maximum Gasteiger partial charge on any atom is 0.304 e. The Morgan fingerprint density at radius 2 is 1.78 bits per heavy atom. The van der Waals surface area contributed by atoms with Crippen LogP contribution in [0.3, 0.4) is 0 Å². The molecule has 0 heterocycles. The third kappa shape index (κ3) is 9.26. The molecule has 2 amide bonds. The maximum absolute atomic E-state index is 12.6. The molecule has 0 aliphatic rings. The zero-order chi connectivity index (χ0) is 21.4. The number of nitrogens with zero attached hydrogens (tertiary/aromatic N) is 1. The van der Waals surface area contributed by atoms with E-state index in [9.17, 15) is 19.2 Å². The molecular weight excluding hydrogens is 368 g/mol. The summed E-state index contributed by atoms with van der Waals surface area (Å²) in [6.07, 6.45) is 0.223. The number of aliphatic carboxylic acids is 1. The smallest absolute Gasteiger partial charge is 0.304 e. The molecule has 0 saturated carbocycles. The van der Waals surface area contributed by atoms with E-state index in [1.807, 2.05) is 13.8 Å². The van der Waals surface area contributed by atoms with Crippen molar-refractivity contribution in [1.29, 1.82) is 0 Å². The molecule has 7 nitrogen and oxygen atoms in total. The summed E-state index contributed by atoms with van der Waals surface area (Å²) in [5.74, 6) is -2.88. The van der Waals surface area contributed by atoms with E-state index in [1.165, 1.54) is 23.6 Å². The van der Waals surface area contributed by atoms with Crippen LogP contribution >= 0.6 is 11.8 Å². The molecule has 0 aromatic carbocycles. The summed E-state index contributed by atoms with van der Waals surface area (Å²) >= 11 is 1.22. The highest BCUT2D eigenvalue weighted by Gasteiger charge is 2.37. The average molecular weight is 401 g/mol. The normalized spacial score (nSPS) is 15.6. The van der Waals surface area contributed by atoms with Gasteiger partial charge in [0.05, 0.1) is 11.2 Å². The fourth-order valence-electron chi connectivity index (χ4n) is 2.58. The second-order valence-electron chi connectivity index (χ2n) is 7.42. The van der Waals surface area contributed by atoms with Crippen molar-refractivity contribution in [2.24, 2.45) is 11.8 Å². The van der Waals surface area contributed by atoms with Crippen LogP contribution in [0.5, 0.6) is 0 Å². The number of carboxylic acids is 1. The van der Waals surface area contributed by atoms with Gasteiger partial charge in [-0.3, -0.25) is 19.2 Å². The van der Waals surface area contributed by atoms with Crippen molar-refractivity contribution >= 4 is 35.3 Å². The summed E-state index contributed by atoms with van der Waals surface area (Å²) in [6.45, 7) is 12.8. The molecule has 154 valence electrons. The van der Waals surface area contributed by atoms with E-state index in [4.69, 9.17) is 12.0 Å². The number of hydrogen-bond acceptors (Lipinski definition) is 5. The molecule has 0 fully saturated rings. The first-order valence-corrected chi connectivity index (χ1v) is 9.92. The first-order chi connectivity index (χ1) is 12.3. The highest BCUT2D eigenvalue weighted by atomic mass is 32.2. The summed E-state index contributed by atoms with van der Waals surface area (Å²) in [4.78, 5) is 49.2. The Labute approximate surface area is 166 Å². The lowest BCUT2D eigenvalue weighted by Crippen LogP contribution is -2.41. The molecule has 0 spiro atoms. The summed E-state index contributed by atoms with van der Waals surface area (Å²) in [6, 6.07) is -0.0689. The molecule has 0 saturated heterocycles. The number of hydrogen-bond donors (Lipinski definition) is 2. The minimum Gasteiger partial charge on any atom is -0.481 e. The molecule has 0 rings (SSSR count). The minimum atomic E-state index is -0.943. The van der Waals surface area contributed by atoms with Crippen molar-refractivity contribution < 1.29 is 24.3 Å². The molecule has 0 bridgehead atoms. The first kappa shape index (κ1) is 25.4. The maximum atomic E-state index is 12.6. The van der Waals surface area contributed by atoms with Crippen LogP contribution in [0.15, 0.2) is 0 Å². The van der Waals surface area contributed by atoms with E-state index < -0.39 is 22.6 Å². The number of carbonyl (C=O) groups is 4. The van der Waals surface area contributed by atoms with Crippen LogP contribution in [0.1, 0.15) is 47.0 Å². The Morgan fingerprint density at radius 1 is 1.22 bits per heavy atom. The van der Waals surface area contributed by atoms with Crippen LogP contribution in [-0.4, -0.2) is 64.2 Å². The van der Waals surface area contributed by atoms with E-state index in [2.05, 4.69) is 5.32 Å². The summed E-state index contributed by atoms with van der Waals surface area (Å²) in [5, 5.41) is 11.5. The monoisotopic (exact) mass is 400 g/mol. The van der Waals surface area contributed by atoms with Crippen LogP contribution in [0, 0.1) is 18.8 Å². The van der Waals surface area contributed by atoms with Crippen molar-refractivity contribution in [1.82, 2.24) is 10.2 Å². The highest BCUT2D eigenvalue weighted by Crippen LogP contribution is 2.36. The lowest BCUT2D eigenvalue weighted by Gasteiger charge is -2.32. The van der Waals surface area contributed by atoms with Crippen LogP contribution in [0.4, 0.5) is 0 Å². The van der Waals surface area contributed by atoms with Crippen molar-refractivity contribution in [2.75, 3.05) is 19.8 Å². The molecule has 0 aliphatic carbocycles. The number of amides is 2. The molecule has 8 heteroatoms. The number of ketones is 1. The predicted octanol–water partition coefficient (Wildman–Crippen LogP) is 1.88. The topological polar surface area (TPSA) is 104 Å². The van der Waals surface area contributed by atoms with Gasteiger partial charge >= 0.3 is 5.97 Å². The Morgan fingerprint density at radius 3 is 2.19 bits per heavy atom. The fraction of sp³-hybridized carbons (Fsp3) is 0.737. The quantitative estimate of drug-likeness (QED) is 0.518. The molecule has 0 aliphatic heterocycles. The number of thioether (sulfide) groups is 1. The van der Waals surface area contributed by atoms with Gasteiger partial charge in [0.15, 0.2) is 0 Å². The Bertz CT molecular complexity index is 550. The van der Waals surface area contributed by atoms with Gasteiger partial charge in [0, 0.05) is 37.7 Å². The molecule has 2 N–H and O–H groups in total. The molecule has 3 unspecified atom stereocenters. The van der Waals surface area contributed by atoms with Crippen LogP contribution < -0.4 is 5.32 Å². The van der Waals surface area contributed by atoms with Crippen LogP contribution in [0.2, 0.25) is 0 Å². The Kier molecular flexibility index (Phi) is 10.7. The van der Waals surface area contributed by atoms with Gasteiger partial charge in [-0.15, -0.1) is 11.8 Å². The molecule has 3 atom stereocenters. The van der Waals surface area contributed by atoms with E-state index in [0.29, 0.717) is 0 Å². The van der Waals surface area contributed by atoms with E-state index in [0.717, 1.165) is 0 Å². The zero-order valence-electron chi connectivity index (χ0n) is 17.1. The highest BCUT2D eigenvalue weighted by molar-refractivity contribution is 8.01. The second kappa shape index (κ2) is 11.3. The van der Waals surface area contributed by atoms with Gasteiger partial charge in [-0.1, -0.05) is 0 Å². The SMILES string of the molecule is [CH]C(CC(CC(C)(SCCC(=O)O)C(C)=O)C(=O)N(C)C)C(=O)NC(C)C. The summed E-state index contributed by atoms with van der Waals surface area (Å²) in [5.41, 5.74) is 0. The van der Waals surface area contributed by atoms with Gasteiger partial charge in [-0.05, 0) is 47.5 Å². The van der Waals surface area contributed by atoms with E-state index in [-0.39, 0.29) is 48.7 Å². The zero-order valence-corrected chi connectivity index (χ0v) is 17.9. The number of Topliss-reactive ketones (excluding diaryl/α,β-unsaturated/α-hetero) is 1. The number of carboxylic acid groups (broad SMARTS) is 1. The van der Waals surface area contributed by atoms with Gasteiger partial charge in [-0.2, -0.15) is 0 Å². The van der Waals surface area contributed by atoms with Gasteiger partial charge in [0.1, 0.15) is 5.78 Å². The number of rotatable bonds is 12. The van der Waals surface area contributed by atoms with E-state index in [1.54, 1.807) is 21.0 Å². The molecule has 2 radical (unpaired) electrons. The van der Waals surface area contributed by atoms with Crippen LogP contribution in [0.25, 0.3) is 0 Å². The average Bonchev–Trinajstić information content (AvgIpc) is 2.51. The Balaban J connectivity index is 5.36. The standard InChI is InChI=1S/C19H32N2O5S/c1-12(2)20-17(25)13(3)10-15(18(26)21(6)7)11-19(5,14(4)22)27-9-8-16(23)24/h3,12-13,15H,8-11H2,1-2,4-7H3,(H,20,25)(H,23,24). The van der Waals surface area contributed by atoms with Crippen LogP contribution in [-0.2, 0) is 19.2 Å². The second-order valence-corrected chi connectivity index (χ2v) is 9.02. The molecule has 27 heavy (non-hydrogen) atoms. The van der Waals surface area contributed by atoms with Crippen molar-refractivity contribution in [3.63, 3.8) is 0 Å². The lowest BCUT2D eigenvalue weighted by molar-refractivity contribution is -0.137. The Hall–Kier alpha value is -1.57. The van der Waals surface area contributed by atoms with Crippen molar-refractivity contribution in [3.8, 4) is 0 Å². The van der Waals surface area contributed by atoms with Gasteiger partial charge in [-0.25, -0.2) is 0 Å². The van der Waals surface area contributed by atoms with Gasteiger partial charge in [0.25, 0.3) is 0 Å². The molecular formula is C19H32N2O5S. The van der Waals surface area contributed by atoms with Gasteiger partial charge in [0.2, 0.25) is 11.8 Å². The fourth-order valence-corrected chi connectivity index (χ4v) is 3.83.